The second-order valence-electron chi connectivity index (χ2n) is 11.0. The molecule has 0 atom stereocenters. The number of carboxylic acid groups (broad SMARTS) is 2. The highest BCUT2D eigenvalue weighted by atomic mass is 32.2. The zero-order valence-electron chi connectivity index (χ0n) is 26.7. The fourth-order valence-electron chi connectivity index (χ4n) is 4.67. The number of hydrogen-bond donors (Lipinski definition) is 6. The Morgan fingerprint density at radius 1 is 0.600 bits per heavy atom. The lowest BCUT2D eigenvalue weighted by atomic mass is 10.1. The van der Waals surface area contributed by atoms with Crippen LogP contribution in [0.2, 0.25) is 0 Å². The van der Waals surface area contributed by atoms with E-state index >= 15 is 0 Å². The van der Waals surface area contributed by atoms with Crippen LogP contribution >= 0.6 is 0 Å². The Morgan fingerprint density at radius 2 is 1.04 bits per heavy atom. The van der Waals surface area contributed by atoms with Crippen molar-refractivity contribution in [1.82, 2.24) is 0 Å². The van der Waals surface area contributed by atoms with Crippen molar-refractivity contribution in [2.45, 2.75) is 48.8 Å². The van der Waals surface area contributed by atoms with Gasteiger partial charge in [-0.1, -0.05) is 43.7 Å². The number of rotatable bonds is 16. The molecule has 0 radical (unpaired) electrons. The van der Waals surface area contributed by atoms with Gasteiger partial charge in [-0.3, -0.25) is 19.0 Å². The van der Waals surface area contributed by atoms with E-state index in [2.05, 4.69) is 20.1 Å². The van der Waals surface area contributed by atoms with E-state index in [1.54, 1.807) is 18.2 Å². The Balaban J connectivity index is 1.36. The summed E-state index contributed by atoms with van der Waals surface area (Å²) in [5.41, 5.74) is -0.252. The summed E-state index contributed by atoms with van der Waals surface area (Å²) in [6.07, 6.45) is 2.05. The Labute approximate surface area is 288 Å². The molecule has 0 saturated carbocycles. The molecule has 4 rings (SSSR count). The van der Waals surface area contributed by atoms with Crippen molar-refractivity contribution in [2.75, 3.05) is 20.1 Å². The second kappa shape index (κ2) is 16.1. The standard InChI is InChI=1S/C34H34N4O10S2/c1-2-3-7-22-10-14-26(15-11-22)50(47,48)38-30-17-13-24(21-28(30)34(43)44)36-32(40)19-18-31(39)35-23-12-16-29(27(20-23)33(41)42)37-49(45,46)25-8-5-4-6-9-25/h4-6,8-17,20-21,37-38H,2-3,7,18-19H2,1H3,(H,35,39)(H,36,40)(H,41,42)(H,43,44). The van der Waals surface area contributed by atoms with Gasteiger partial charge in [0.1, 0.15) is 0 Å². The number of sulfonamides is 2. The molecule has 6 N–H and O–H groups in total. The van der Waals surface area contributed by atoms with E-state index in [0.29, 0.717) is 0 Å². The SMILES string of the molecule is CCCCc1ccc(S(=O)(=O)Nc2ccc(NC(=O)CCC(=O)Nc3ccc(NS(=O)(=O)c4ccccc4)c(C(=O)O)c3)cc2C(=O)O)cc1. The number of anilines is 4. The van der Waals surface area contributed by atoms with Crippen LogP contribution in [0.15, 0.2) is 101 Å². The van der Waals surface area contributed by atoms with Crippen molar-refractivity contribution in [3.05, 3.63) is 108 Å². The van der Waals surface area contributed by atoms with E-state index in [4.69, 9.17) is 0 Å². The normalized spacial score (nSPS) is 11.3. The van der Waals surface area contributed by atoms with E-state index in [1.807, 2.05) is 6.92 Å². The maximum Gasteiger partial charge on any atom is 0.337 e. The largest absolute Gasteiger partial charge is 0.478 e. The number of carbonyl (C=O) groups is 4. The minimum absolute atomic E-state index is 0.0343. The molecule has 0 bridgehead atoms. The maximum absolute atomic E-state index is 13.0. The number of unbranched alkanes of at least 4 members (excludes halogenated alkanes) is 1. The molecule has 0 aliphatic heterocycles. The summed E-state index contributed by atoms with van der Waals surface area (Å²) in [7, 11) is -8.22. The Hall–Kier alpha value is -5.74. The fourth-order valence-corrected chi connectivity index (χ4v) is 6.85. The predicted molar refractivity (Wildman–Crippen MR) is 186 cm³/mol. The lowest BCUT2D eigenvalue weighted by molar-refractivity contribution is -0.121. The van der Waals surface area contributed by atoms with E-state index < -0.39 is 54.9 Å². The third-order valence-electron chi connectivity index (χ3n) is 7.24. The monoisotopic (exact) mass is 722 g/mol. The third kappa shape index (κ3) is 9.90. The van der Waals surface area contributed by atoms with Crippen LogP contribution in [0.1, 0.15) is 58.9 Å². The van der Waals surface area contributed by atoms with Crippen LogP contribution < -0.4 is 20.1 Å². The zero-order valence-corrected chi connectivity index (χ0v) is 28.3. The average molecular weight is 723 g/mol. The van der Waals surface area contributed by atoms with Gasteiger partial charge >= 0.3 is 11.9 Å². The lowest BCUT2D eigenvalue weighted by Crippen LogP contribution is -2.19. The summed E-state index contributed by atoms with van der Waals surface area (Å²) >= 11 is 0. The highest BCUT2D eigenvalue weighted by Crippen LogP contribution is 2.26. The van der Waals surface area contributed by atoms with Gasteiger partial charge in [-0.25, -0.2) is 26.4 Å². The minimum Gasteiger partial charge on any atom is -0.478 e. The van der Waals surface area contributed by atoms with Gasteiger partial charge in [0.15, 0.2) is 0 Å². The number of carboxylic acids is 2. The Morgan fingerprint density at radius 3 is 1.46 bits per heavy atom. The summed E-state index contributed by atoms with van der Waals surface area (Å²) in [4.78, 5) is 48.8. The van der Waals surface area contributed by atoms with E-state index in [-0.39, 0.29) is 45.4 Å². The first-order valence-electron chi connectivity index (χ1n) is 15.2. The summed E-state index contributed by atoms with van der Waals surface area (Å²) in [5.74, 6) is -4.23. The van der Waals surface area contributed by atoms with Crippen molar-refractivity contribution in [1.29, 1.82) is 0 Å². The molecule has 2 amide bonds. The first-order chi connectivity index (χ1) is 23.7. The van der Waals surface area contributed by atoms with Gasteiger partial charge in [0.25, 0.3) is 20.0 Å². The van der Waals surface area contributed by atoms with Crippen molar-refractivity contribution < 1.29 is 46.2 Å². The van der Waals surface area contributed by atoms with Crippen LogP contribution in [0.25, 0.3) is 0 Å². The molecule has 50 heavy (non-hydrogen) atoms. The van der Waals surface area contributed by atoms with Gasteiger partial charge in [0, 0.05) is 24.2 Å². The molecule has 0 fully saturated rings. The van der Waals surface area contributed by atoms with Gasteiger partial charge < -0.3 is 20.8 Å². The highest BCUT2D eigenvalue weighted by Gasteiger charge is 2.21. The zero-order chi connectivity index (χ0) is 36.5. The van der Waals surface area contributed by atoms with Crippen LogP contribution in [0.3, 0.4) is 0 Å². The molecule has 0 aliphatic carbocycles. The van der Waals surface area contributed by atoms with Crippen LogP contribution in [0.5, 0.6) is 0 Å². The molecule has 0 heterocycles. The van der Waals surface area contributed by atoms with Crippen molar-refractivity contribution in [3.8, 4) is 0 Å². The summed E-state index contributed by atoms with van der Waals surface area (Å²) in [5, 5.41) is 24.3. The molecule has 4 aromatic carbocycles. The molecule has 0 aromatic heterocycles. The van der Waals surface area contributed by atoms with Crippen LogP contribution in [-0.4, -0.2) is 50.8 Å². The molecule has 0 saturated heterocycles. The van der Waals surface area contributed by atoms with Crippen molar-refractivity contribution in [2.24, 2.45) is 0 Å². The van der Waals surface area contributed by atoms with Crippen molar-refractivity contribution in [3.63, 3.8) is 0 Å². The number of hydrogen-bond acceptors (Lipinski definition) is 8. The van der Waals surface area contributed by atoms with E-state index in [1.165, 1.54) is 60.7 Å². The Kier molecular flexibility index (Phi) is 11.9. The van der Waals surface area contributed by atoms with Crippen LogP contribution in [-0.2, 0) is 36.1 Å². The molecular weight excluding hydrogens is 689 g/mol. The molecule has 262 valence electrons. The van der Waals surface area contributed by atoms with Crippen molar-refractivity contribution >= 4 is 66.5 Å². The van der Waals surface area contributed by atoms with Gasteiger partial charge in [-0.2, -0.15) is 0 Å². The van der Waals surface area contributed by atoms with E-state index in [0.717, 1.165) is 37.0 Å². The number of aryl methyl sites for hydroxylation is 1. The fraction of sp³-hybridized carbons (Fsp3) is 0.176. The smallest absolute Gasteiger partial charge is 0.337 e. The maximum atomic E-state index is 13.0. The predicted octanol–water partition coefficient (Wildman–Crippen LogP) is 5.38. The first kappa shape index (κ1) is 37.1. The number of aromatic carboxylic acids is 2. The topological polar surface area (TPSA) is 225 Å². The van der Waals surface area contributed by atoms with Gasteiger partial charge in [-0.05, 0) is 79.1 Å². The number of nitrogens with one attached hydrogen (secondary N) is 4. The molecule has 0 unspecified atom stereocenters. The molecule has 16 heteroatoms. The van der Waals surface area contributed by atoms with Crippen LogP contribution in [0.4, 0.5) is 22.7 Å². The summed E-state index contributed by atoms with van der Waals surface area (Å²) in [6.45, 7) is 2.05. The molecular formula is C34H34N4O10S2. The number of carbonyl (C=O) groups excluding carboxylic acids is 2. The van der Waals surface area contributed by atoms with E-state index in [9.17, 15) is 46.2 Å². The average Bonchev–Trinajstić information content (AvgIpc) is 3.08. The lowest BCUT2D eigenvalue weighted by Gasteiger charge is -2.13. The third-order valence-corrected chi connectivity index (χ3v) is 10.0. The van der Waals surface area contributed by atoms with Gasteiger partial charge in [0.05, 0.1) is 32.3 Å². The number of amides is 2. The Bertz CT molecular complexity index is 2120. The summed E-state index contributed by atoms with van der Waals surface area (Å²) in [6, 6.07) is 20.7. The second-order valence-corrected chi connectivity index (χ2v) is 14.4. The number of benzene rings is 4. The first-order valence-corrected chi connectivity index (χ1v) is 18.2. The van der Waals surface area contributed by atoms with Gasteiger partial charge in [-0.15, -0.1) is 0 Å². The molecule has 0 spiro atoms. The van der Waals surface area contributed by atoms with Crippen LogP contribution in [0, 0.1) is 0 Å². The van der Waals surface area contributed by atoms with Gasteiger partial charge in [0.2, 0.25) is 11.8 Å². The molecule has 14 nitrogen and oxygen atoms in total. The molecule has 4 aromatic rings. The quantitative estimate of drug-likeness (QED) is 0.0865. The summed E-state index contributed by atoms with van der Waals surface area (Å²) < 4.78 is 55.7. The molecule has 0 aliphatic rings. The highest BCUT2D eigenvalue weighted by molar-refractivity contribution is 7.93. The minimum atomic E-state index is -4.12.